The summed E-state index contributed by atoms with van der Waals surface area (Å²) in [5.74, 6) is -0.183. The fourth-order valence-electron chi connectivity index (χ4n) is 4.21. The molecule has 156 valence electrons. The van der Waals surface area contributed by atoms with Crippen LogP contribution < -0.4 is 4.90 Å². The Morgan fingerprint density at radius 2 is 1.50 bits per heavy atom. The van der Waals surface area contributed by atoms with Crippen molar-refractivity contribution in [1.82, 2.24) is 9.88 Å². The van der Waals surface area contributed by atoms with Crippen LogP contribution in [0.2, 0.25) is 0 Å². The number of hydrogen-bond donors (Lipinski definition) is 0. The molecule has 1 aliphatic rings. The molecule has 0 amide bonds. The first-order chi connectivity index (χ1) is 14.7. The van der Waals surface area contributed by atoms with Gasteiger partial charge in [0.15, 0.2) is 0 Å². The van der Waals surface area contributed by atoms with E-state index in [1.54, 1.807) is 24.5 Å². The molecule has 0 spiro atoms. The Bertz CT molecular complexity index is 932. The summed E-state index contributed by atoms with van der Waals surface area (Å²) in [6.07, 6.45) is 6.44. The second kappa shape index (κ2) is 9.86. The minimum Gasteiger partial charge on any atom is -0.369 e. The van der Waals surface area contributed by atoms with Gasteiger partial charge in [0, 0.05) is 44.3 Å². The first-order valence-corrected chi connectivity index (χ1v) is 11.0. The highest BCUT2D eigenvalue weighted by atomic mass is 19.1. The van der Waals surface area contributed by atoms with Crippen molar-refractivity contribution in [2.24, 2.45) is 0 Å². The molecule has 0 radical (unpaired) electrons. The van der Waals surface area contributed by atoms with E-state index in [1.165, 1.54) is 24.2 Å². The maximum atomic E-state index is 14.1. The topological polar surface area (TPSA) is 19.4 Å². The number of rotatable bonds is 7. The van der Waals surface area contributed by atoms with Crippen LogP contribution >= 0.6 is 0 Å². The highest BCUT2D eigenvalue weighted by molar-refractivity contribution is 5.63. The van der Waals surface area contributed by atoms with E-state index in [0.29, 0.717) is 0 Å². The van der Waals surface area contributed by atoms with Crippen LogP contribution in [0.25, 0.3) is 11.1 Å². The van der Waals surface area contributed by atoms with E-state index in [9.17, 15) is 4.39 Å². The molecule has 1 saturated heterocycles. The van der Waals surface area contributed by atoms with Crippen LogP contribution in [0, 0.1) is 5.82 Å². The lowest BCUT2D eigenvalue weighted by molar-refractivity contribution is 0.258. The van der Waals surface area contributed by atoms with Gasteiger partial charge in [0.1, 0.15) is 5.82 Å². The molecule has 0 saturated carbocycles. The van der Waals surface area contributed by atoms with Gasteiger partial charge in [0.25, 0.3) is 0 Å². The summed E-state index contributed by atoms with van der Waals surface area (Å²) in [7, 11) is 0. The van der Waals surface area contributed by atoms with E-state index in [1.807, 2.05) is 12.1 Å². The highest BCUT2D eigenvalue weighted by Gasteiger charge is 2.16. The Hall–Kier alpha value is -2.72. The fraction of sp³-hybridized carbons (Fsp3) is 0.346. The lowest BCUT2D eigenvalue weighted by atomic mass is 9.99. The Morgan fingerprint density at radius 1 is 0.800 bits per heavy atom. The van der Waals surface area contributed by atoms with E-state index < -0.39 is 0 Å². The van der Waals surface area contributed by atoms with Crippen LogP contribution in [0.5, 0.6) is 0 Å². The third-order valence-electron chi connectivity index (χ3n) is 5.89. The SMILES string of the molecule is CCCN1CCN(c2ccc(CCc3cc(F)cc(-c4ccncc4)c3)cc2)CC1. The van der Waals surface area contributed by atoms with Crippen molar-refractivity contribution in [3.8, 4) is 11.1 Å². The number of piperazine rings is 1. The van der Waals surface area contributed by atoms with Crippen LogP contribution in [-0.4, -0.2) is 42.6 Å². The third kappa shape index (κ3) is 5.25. The maximum absolute atomic E-state index is 14.1. The molecule has 0 bridgehead atoms. The van der Waals surface area contributed by atoms with Crippen molar-refractivity contribution in [3.05, 3.63) is 83.9 Å². The zero-order valence-corrected chi connectivity index (χ0v) is 17.7. The average Bonchev–Trinajstić information content (AvgIpc) is 2.79. The van der Waals surface area contributed by atoms with Gasteiger partial charge < -0.3 is 4.90 Å². The predicted octanol–water partition coefficient (Wildman–Crippen LogP) is 5.20. The molecule has 4 rings (SSSR count). The van der Waals surface area contributed by atoms with Gasteiger partial charge >= 0.3 is 0 Å². The summed E-state index contributed by atoms with van der Waals surface area (Å²) in [5.41, 5.74) is 5.52. The summed E-state index contributed by atoms with van der Waals surface area (Å²) in [6.45, 7) is 7.94. The Balaban J connectivity index is 1.36. The molecule has 1 aliphatic heterocycles. The van der Waals surface area contributed by atoms with E-state index in [4.69, 9.17) is 0 Å². The standard InChI is InChI=1S/C26H30FN3/c1-2-13-29-14-16-30(17-15-29)26-7-5-21(6-8-26)3-4-22-18-24(20-25(27)19-22)23-9-11-28-12-10-23/h5-12,18-20H,2-4,13-17H2,1H3. The van der Waals surface area contributed by atoms with Crippen molar-refractivity contribution in [2.75, 3.05) is 37.6 Å². The maximum Gasteiger partial charge on any atom is 0.124 e. The molecule has 0 N–H and O–H groups in total. The van der Waals surface area contributed by atoms with Crippen molar-refractivity contribution in [1.29, 1.82) is 0 Å². The summed E-state index contributed by atoms with van der Waals surface area (Å²) in [4.78, 5) is 9.07. The lowest BCUT2D eigenvalue weighted by Crippen LogP contribution is -2.46. The van der Waals surface area contributed by atoms with Crippen LogP contribution in [0.15, 0.2) is 67.0 Å². The third-order valence-corrected chi connectivity index (χ3v) is 5.89. The fourth-order valence-corrected chi connectivity index (χ4v) is 4.21. The number of pyridine rings is 1. The van der Waals surface area contributed by atoms with Crippen molar-refractivity contribution < 1.29 is 4.39 Å². The molecule has 0 atom stereocenters. The molecule has 4 heteroatoms. The largest absolute Gasteiger partial charge is 0.369 e. The summed E-state index contributed by atoms with van der Waals surface area (Å²) >= 11 is 0. The van der Waals surface area contributed by atoms with Gasteiger partial charge in [0.2, 0.25) is 0 Å². The van der Waals surface area contributed by atoms with Crippen molar-refractivity contribution in [2.45, 2.75) is 26.2 Å². The Labute approximate surface area is 179 Å². The predicted molar refractivity (Wildman–Crippen MR) is 122 cm³/mol. The summed E-state index contributed by atoms with van der Waals surface area (Å²) in [6, 6.07) is 18.1. The second-order valence-electron chi connectivity index (χ2n) is 8.08. The number of aromatic nitrogens is 1. The summed E-state index contributed by atoms with van der Waals surface area (Å²) < 4.78 is 14.1. The quantitative estimate of drug-likeness (QED) is 0.540. The first-order valence-electron chi connectivity index (χ1n) is 11.0. The van der Waals surface area contributed by atoms with E-state index >= 15 is 0 Å². The molecule has 1 aromatic heterocycles. The molecule has 2 aromatic carbocycles. The number of halogens is 1. The first kappa shape index (κ1) is 20.5. The molecular weight excluding hydrogens is 373 g/mol. The van der Waals surface area contributed by atoms with Gasteiger partial charge in [-0.1, -0.05) is 25.1 Å². The van der Waals surface area contributed by atoms with E-state index in [2.05, 4.69) is 52.0 Å². The van der Waals surface area contributed by atoms with Gasteiger partial charge in [-0.25, -0.2) is 4.39 Å². The van der Waals surface area contributed by atoms with Crippen molar-refractivity contribution in [3.63, 3.8) is 0 Å². The molecule has 30 heavy (non-hydrogen) atoms. The number of aryl methyl sites for hydroxylation is 2. The van der Waals surface area contributed by atoms with Crippen molar-refractivity contribution >= 4 is 5.69 Å². The second-order valence-corrected chi connectivity index (χ2v) is 8.08. The number of anilines is 1. The average molecular weight is 404 g/mol. The van der Waals surface area contributed by atoms with Gasteiger partial charge in [-0.3, -0.25) is 9.88 Å². The smallest absolute Gasteiger partial charge is 0.124 e. The minimum atomic E-state index is -0.183. The summed E-state index contributed by atoms with van der Waals surface area (Å²) in [5, 5.41) is 0. The molecule has 0 unspecified atom stereocenters. The minimum absolute atomic E-state index is 0.183. The number of hydrogen-bond acceptors (Lipinski definition) is 3. The lowest BCUT2D eigenvalue weighted by Gasteiger charge is -2.36. The van der Waals surface area contributed by atoms with Crippen LogP contribution in [0.4, 0.5) is 10.1 Å². The zero-order valence-electron chi connectivity index (χ0n) is 17.7. The number of benzene rings is 2. The normalized spacial score (nSPS) is 14.8. The Morgan fingerprint density at radius 3 is 2.20 bits per heavy atom. The van der Waals surface area contributed by atoms with E-state index in [0.717, 1.165) is 55.7 Å². The molecule has 3 aromatic rings. The number of nitrogens with zero attached hydrogens (tertiary/aromatic N) is 3. The molecule has 0 aliphatic carbocycles. The van der Waals surface area contributed by atoms with Gasteiger partial charge in [0.05, 0.1) is 0 Å². The van der Waals surface area contributed by atoms with Gasteiger partial charge in [-0.15, -0.1) is 0 Å². The molecule has 3 nitrogen and oxygen atoms in total. The molecular formula is C26H30FN3. The molecule has 2 heterocycles. The highest BCUT2D eigenvalue weighted by Crippen LogP contribution is 2.23. The van der Waals surface area contributed by atoms with E-state index in [-0.39, 0.29) is 5.82 Å². The molecule has 1 fully saturated rings. The monoisotopic (exact) mass is 403 g/mol. The zero-order chi connectivity index (χ0) is 20.8. The van der Waals surface area contributed by atoms with Gasteiger partial charge in [-0.2, -0.15) is 0 Å². The van der Waals surface area contributed by atoms with Gasteiger partial charge in [-0.05, 0) is 84.5 Å². The van der Waals surface area contributed by atoms with Crippen LogP contribution in [0.3, 0.4) is 0 Å². The van der Waals surface area contributed by atoms with Crippen LogP contribution in [0.1, 0.15) is 24.5 Å². The van der Waals surface area contributed by atoms with Crippen LogP contribution in [-0.2, 0) is 12.8 Å². The Kier molecular flexibility index (Phi) is 6.75.